The minimum Gasteiger partial charge on any atom is -0.490 e. The smallest absolute Gasteiger partial charge is 0.324 e. The van der Waals surface area contributed by atoms with Gasteiger partial charge in [0, 0.05) is 18.0 Å². The van der Waals surface area contributed by atoms with Gasteiger partial charge in [-0.05, 0) is 91.4 Å². The van der Waals surface area contributed by atoms with Crippen molar-refractivity contribution in [3.8, 4) is 5.75 Å². The summed E-state index contributed by atoms with van der Waals surface area (Å²) >= 11 is 6.03. The van der Waals surface area contributed by atoms with Crippen molar-refractivity contribution in [2.24, 2.45) is 0 Å². The first-order valence-electron chi connectivity index (χ1n) is 13.3. The maximum Gasteiger partial charge on any atom is 0.324 e. The first-order valence-corrected chi connectivity index (χ1v) is 13.7. The van der Waals surface area contributed by atoms with E-state index in [1.807, 2.05) is 24.3 Å². The van der Waals surface area contributed by atoms with Crippen molar-refractivity contribution in [1.29, 1.82) is 0 Å². The number of aliphatic hydroxyl groups is 1. The number of aryl methyl sites for hydroxylation is 1. The van der Waals surface area contributed by atoms with Gasteiger partial charge in [0.05, 0.1) is 12.1 Å². The highest BCUT2D eigenvalue weighted by Crippen LogP contribution is 2.29. The van der Waals surface area contributed by atoms with Gasteiger partial charge in [0.1, 0.15) is 11.9 Å². The van der Waals surface area contributed by atoms with E-state index in [2.05, 4.69) is 10.2 Å². The molecule has 0 spiro atoms. The Morgan fingerprint density at radius 3 is 2.45 bits per heavy atom. The van der Waals surface area contributed by atoms with Crippen LogP contribution in [0.15, 0.2) is 60.7 Å². The Kier molecular flexibility index (Phi) is 8.17. The van der Waals surface area contributed by atoms with E-state index in [9.17, 15) is 9.90 Å². The highest BCUT2D eigenvalue weighted by molar-refractivity contribution is 6.31. The zero-order chi connectivity index (χ0) is 26.7. The molecule has 1 amide bonds. The molecule has 3 aromatic rings. The summed E-state index contributed by atoms with van der Waals surface area (Å²) in [6.45, 7) is 1.93. The summed E-state index contributed by atoms with van der Waals surface area (Å²) < 4.78 is 35.9. The molecule has 0 aromatic heterocycles. The monoisotopic (exact) mass is 542 g/mol. The Labute approximate surface area is 226 Å². The second-order valence-corrected chi connectivity index (χ2v) is 10.9. The van der Waals surface area contributed by atoms with Gasteiger partial charge in [-0.3, -0.25) is 4.79 Å². The van der Waals surface area contributed by atoms with Crippen LogP contribution in [-0.4, -0.2) is 53.6 Å². The lowest BCUT2D eigenvalue weighted by atomic mass is 9.99. The number of rotatable bonds is 11. The van der Waals surface area contributed by atoms with E-state index in [1.165, 1.54) is 0 Å². The molecule has 2 unspecified atom stereocenters. The van der Waals surface area contributed by atoms with Crippen LogP contribution in [0.5, 0.6) is 5.75 Å². The maximum absolute atomic E-state index is 15.0. The van der Waals surface area contributed by atoms with Crippen molar-refractivity contribution in [2.45, 2.75) is 62.7 Å². The molecule has 38 heavy (non-hydrogen) atoms. The van der Waals surface area contributed by atoms with Crippen LogP contribution in [0.25, 0.3) is 10.8 Å². The molecule has 2 atom stereocenters. The van der Waals surface area contributed by atoms with Crippen LogP contribution >= 0.6 is 11.6 Å². The van der Waals surface area contributed by atoms with Crippen LogP contribution in [-0.2, 0) is 11.2 Å². The number of aliphatic hydroxyl groups excluding tert-OH is 1. The highest BCUT2D eigenvalue weighted by atomic mass is 35.5. The fraction of sp³-hybridized carbons (Fsp3) is 0.433. The average Bonchev–Trinajstić information content (AvgIpc) is 3.58. The third kappa shape index (κ3) is 6.82. The lowest BCUT2D eigenvalue weighted by molar-refractivity contribution is -0.148. The fourth-order valence-corrected chi connectivity index (χ4v) is 5.11. The third-order valence-electron chi connectivity index (χ3n) is 7.33. The molecule has 202 valence electrons. The number of likely N-dealkylation sites (tertiary alicyclic amines) is 1. The van der Waals surface area contributed by atoms with E-state index in [0.717, 1.165) is 55.1 Å². The van der Waals surface area contributed by atoms with Gasteiger partial charge in [0.25, 0.3) is 5.91 Å². The second kappa shape index (κ2) is 11.6. The number of carbonyl (C=O) groups excluding carboxylic acids is 1. The Morgan fingerprint density at radius 2 is 1.74 bits per heavy atom. The Bertz CT molecular complexity index is 1260. The third-order valence-corrected chi connectivity index (χ3v) is 7.56. The van der Waals surface area contributed by atoms with Crippen LogP contribution in [0.1, 0.15) is 49.3 Å². The van der Waals surface area contributed by atoms with Crippen LogP contribution < -0.4 is 10.1 Å². The van der Waals surface area contributed by atoms with Gasteiger partial charge >= 0.3 is 5.92 Å². The number of hydrogen-bond acceptors (Lipinski definition) is 4. The molecule has 2 fully saturated rings. The molecule has 1 aliphatic carbocycles. The maximum atomic E-state index is 15.0. The molecule has 1 aliphatic heterocycles. The zero-order valence-electron chi connectivity index (χ0n) is 21.2. The summed E-state index contributed by atoms with van der Waals surface area (Å²) in [5.74, 6) is -4.23. The van der Waals surface area contributed by atoms with Gasteiger partial charge < -0.3 is 20.1 Å². The van der Waals surface area contributed by atoms with Gasteiger partial charge in [-0.2, -0.15) is 8.78 Å². The zero-order valence-corrected chi connectivity index (χ0v) is 22.0. The number of carbonyl (C=O) groups is 1. The lowest BCUT2D eigenvalue weighted by Crippen LogP contribution is -2.51. The number of benzene rings is 3. The minimum absolute atomic E-state index is 0.0424. The number of hydrogen-bond donors (Lipinski definition) is 2. The predicted octanol–water partition coefficient (Wildman–Crippen LogP) is 5.92. The largest absolute Gasteiger partial charge is 0.490 e. The molecule has 8 heteroatoms. The standard InChI is InChI=1S/C30H33ClF2N2O3/c31-24-8-5-22-17-20(3-4-23(22)18-24)13-14-30(32,33)29(37)34-27(19-35-15-1-2-16-35)28(36)21-6-9-25(10-7-21)38-26-11-12-26/h3-10,17-18,26-28,36H,1-2,11-16,19H2,(H,34,37). The van der Waals surface area contributed by atoms with Crippen LogP contribution in [0.3, 0.4) is 0 Å². The summed E-state index contributed by atoms with van der Waals surface area (Å²) in [7, 11) is 0. The number of nitrogens with zero attached hydrogens (tertiary/aromatic N) is 1. The van der Waals surface area contributed by atoms with Crippen molar-refractivity contribution in [3.63, 3.8) is 0 Å². The highest BCUT2D eigenvalue weighted by Gasteiger charge is 2.40. The van der Waals surface area contributed by atoms with Crippen molar-refractivity contribution >= 4 is 28.3 Å². The molecule has 0 bridgehead atoms. The minimum atomic E-state index is -3.58. The molecule has 1 heterocycles. The molecule has 2 N–H and O–H groups in total. The number of alkyl halides is 2. The van der Waals surface area contributed by atoms with Crippen molar-refractivity contribution in [3.05, 3.63) is 76.8 Å². The van der Waals surface area contributed by atoms with Crippen LogP contribution in [0.4, 0.5) is 8.78 Å². The molecule has 0 radical (unpaired) electrons. The SMILES string of the molecule is O=C(NC(CN1CCCC1)C(O)c1ccc(OC2CC2)cc1)C(F)(F)CCc1ccc2cc(Cl)ccc2c1. The van der Waals surface area contributed by atoms with Crippen molar-refractivity contribution < 1.29 is 23.4 Å². The number of nitrogens with one attached hydrogen (secondary N) is 1. The van der Waals surface area contributed by atoms with Gasteiger partial charge in [0.15, 0.2) is 0 Å². The quantitative estimate of drug-likeness (QED) is 0.316. The van der Waals surface area contributed by atoms with E-state index in [4.69, 9.17) is 16.3 Å². The second-order valence-electron chi connectivity index (χ2n) is 10.4. The molecular weight excluding hydrogens is 510 g/mol. The fourth-order valence-electron chi connectivity index (χ4n) is 4.93. The van der Waals surface area contributed by atoms with Gasteiger partial charge in [-0.1, -0.05) is 48.0 Å². The first kappa shape index (κ1) is 26.9. The number of fused-ring (bicyclic) bond motifs is 1. The molecule has 2 aliphatic rings. The number of amides is 1. The van der Waals surface area contributed by atoms with Gasteiger partial charge in [0.2, 0.25) is 0 Å². The van der Waals surface area contributed by atoms with Crippen molar-refractivity contribution in [1.82, 2.24) is 10.2 Å². The summed E-state index contributed by atoms with van der Waals surface area (Å²) in [6.07, 6.45) is 2.64. The Balaban J connectivity index is 1.24. The first-order chi connectivity index (χ1) is 18.3. The predicted molar refractivity (Wildman–Crippen MR) is 145 cm³/mol. The van der Waals surface area contributed by atoms with E-state index in [0.29, 0.717) is 22.9 Å². The number of ether oxygens (including phenoxy) is 1. The van der Waals surface area contributed by atoms with Gasteiger partial charge in [-0.25, -0.2) is 0 Å². The molecule has 1 saturated heterocycles. The summed E-state index contributed by atoms with van der Waals surface area (Å²) in [5.41, 5.74) is 1.27. The van der Waals surface area contributed by atoms with E-state index in [1.54, 1.807) is 36.4 Å². The topological polar surface area (TPSA) is 61.8 Å². The van der Waals surface area contributed by atoms with E-state index < -0.39 is 30.4 Å². The summed E-state index contributed by atoms with van der Waals surface area (Å²) in [5, 5.41) is 16.1. The lowest BCUT2D eigenvalue weighted by Gasteiger charge is -2.30. The summed E-state index contributed by atoms with van der Waals surface area (Å²) in [6, 6.07) is 17.0. The molecule has 1 saturated carbocycles. The molecule has 3 aromatic carbocycles. The van der Waals surface area contributed by atoms with Crippen molar-refractivity contribution in [2.75, 3.05) is 19.6 Å². The Hall–Kier alpha value is -2.74. The molecule has 5 rings (SSSR count). The van der Waals surface area contributed by atoms with E-state index in [-0.39, 0.29) is 12.5 Å². The average molecular weight is 543 g/mol. The van der Waals surface area contributed by atoms with Gasteiger partial charge in [-0.15, -0.1) is 0 Å². The normalized spacial score (nSPS) is 17.9. The molecule has 5 nitrogen and oxygen atoms in total. The molecular formula is C30H33ClF2N2O3. The van der Waals surface area contributed by atoms with Crippen LogP contribution in [0.2, 0.25) is 5.02 Å². The number of halogens is 3. The van der Waals surface area contributed by atoms with Crippen LogP contribution in [0, 0.1) is 0 Å². The Morgan fingerprint density at radius 1 is 1.05 bits per heavy atom. The van der Waals surface area contributed by atoms with E-state index >= 15 is 8.78 Å². The summed E-state index contributed by atoms with van der Waals surface area (Å²) in [4.78, 5) is 14.9.